The predicted octanol–water partition coefficient (Wildman–Crippen LogP) is 4.86. The fourth-order valence-electron chi connectivity index (χ4n) is 1.36. The molecule has 0 aliphatic carbocycles. The molecule has 17 heavy (non-hydrogen) atoms. The summed E-state index contributed by atoms with van der Waals surface area (Å²) in [5, 5.41) is 2.03. The van der Waals surface area contributed by atoms with Gasteiger partial charge in [-0.25, -0.2) is 0 Å². The summed E-state index contributed by atoms with van der Waals surface area (Å²) in [6.45, 7) is 0.525. The molecule has 0 radical (unpaired) electrons. The maximum absolute atomic E-state index is 5.79. The van der Waals surface area contributed by atoms with Gasteiger partial charge in [-0.2, -0.15) is 0 Å². The minimum atomic E-state index is 0.525. The number of methoxy groups -OCH3 is 1. The van der Waals surface area contributed by atoms with Gasteiger partial charge in [0.25, 0.3) is 0 Å². The van der Waals surface area contributed by atoms with Gasteiger partial charge < -0.3 is 9.47 Å². The fraction of sp³-hybridized carbons (Fsp3) is 0.167. The molecule has 2 rings (SSSR count). The molecule has 0 N–H and O–H groups in total. The van der Waals surface area contributed by atoms with Crippen molar-refractivity contribution in [3.63, 3.8) is 0 Å². The smallest absolute Gasteiger partial charge is 0.175 e. The summed E-state index contributed by atoms with van der Waals surface area (Å²) in [5.41, 5.74) is 0. The van der Waals surface area contributed by atoms with Crippen LogP contribution in [0, 0.1) is 0 Å². The van der Waals surface area contributed by atoms with Gasteiger partial charge in [0.2, 0.25) is 0 Å². The first-order valence-electron chi connectivity index (χ1n) is 4.89. The van der Waals surface area contributed by atoms with Gasteiger partial charge in [0.15, 0.2) is 11.5 Å². The van der Waals surface area contributed by atoms with Crippen LogP contribution in [0.2, 0.25) is 0 Å². The lowest BCUT2D eigenvalue weighted by Crippen LogP contribution is -1.97. The van der Waals surface area contributed by atoms with E-state index in [1.165, 1.54) is 0 Å². The molecule has 2 aromatic rings. The zero-order valence-corrected chi connectivity index (χ0v) is 13.1. The lowest BCUT2D eigenvalue weighted by Gasteiger charge is -2.11. The lowest BCUT2D eigenvalue weighted by molar-refractivity contribution is 0.285. The number of benzene rings is 1. The summed E-state index contributed by atoms with van der Waals surface area (Å²) >= 11 is 8.60. The van der Waals surface area contributed by atoms with E-state index < -0.39 is 0 Å². The summed E-state index contributed by atoms with van der Waals surface area (Å²) in [6, 6.07) is 7.74. The van der Waals surface area contributed by atoms with E-state index in [1.54, 1.807) is 18.4 Å². The first kappa shape index (κ1) is 12.9. The molecule has 0 unspecified atom stereocenters. The molecule has 0 aliphatic heterocycles. The van der Waals surface area contributed by atoms with Crippen molar-refractivity contribution in [3.05, 3.63) is 43.5 Å². The van der Waals surface area contributed by atoms with Crippen molar-refractivity contribution in [2.45, 2.75) is 6.61 Å². The topological polar surface area (TPSA) is 18.5 Å². The van der Waals surface area contributed by atoms with Crippen LogP contribution in [0.25, 0.3) is 0 Å². The van der Waals surface area contributed by atoms with Crippen LogP contribution in [0.15, 0.2) is 38.6 Å². The average molecular weight is 378 g/mol. The van der Waals surface area contributed by atoms with Crippen LogP contribution in [0.5, 0.6) is 11.5 Å². The number of thiophene rings is 1. The van der Waals surface area contributed by atoms with Crippen molar-refractivity contribution in [3.8, 4) is 11.5 Å². The minimum absolute atomic E-state index is 0.525. The molecule has 1 aromatic heterocycles. The lowest BCUT2D eigenvalue weighted by atomic mass is 10.3. The molecule has 1 heterocycles. The minimum Gasteiger partial charge on any atom is -0.493 e. The van der Waals surface area contributed by atoms with Crippen LogP contribution < -0.4 is 9.47 Å². The molecule has 0 spiro atoms. The zero-order valence-electron chi connectivity index (χ0n) is 9.07. The van der Waals surface area contributed by atoms with Crippen LogP contribution in [-0.2, 0) is 6.61 Å². The van der Waals surface area contributed by atoms with Gasteiger partial charge in [-0.15, -0.1) is 11.3 Å². The van der Waals surface area contributed by atoms with Gasteiger partial charge in [-0.1, -0.05) is 6.07 Å². The molecule has 0 saturated carbocycles. The predicted molar refractivity (Wildman–Crippen MR) is 77.0 cm³/mol. The van der Waals surface area contributed by atoms with Crippen LogP contribution in [0.1, 0.15) is 4.88 Å². The Bertz CT molecular complexity index is 511. The Labute approximate surface area is 121 Å². The van der Waals surface area contributed by atoms with E-state index in [-0.39, 0.29) is 0 Å². The van der Waals surface area contributed by atoms with Crippen molar-refractivity contribution in [1.82, 2.24) is 0 Å². The van der Waals surface area contributed by atoms with Crippen molar-refractivity contribution in [2.24, 2.45) is 0 Å². The second kappa shape index (κ2) is 5.89. The molecule has 0 aliphatic rings. The van der Waals surface area contributed by atoms with Crippen molar-refractivity contribution in [1.29, 1.82) is 0 Å². The van der Waals surface area contributed by atoms with E-state index in [9.17, 15) is 0 Å². The summed E-state index contributed by atoms with van der Waals surface area (Å²) < 4.78 is 13.0. The number of para-hydroxylation sites is 1. The molecule has 1 aromatic carbocycles. The highest BCUT2D eigenvalue weighted by molar-refractivity contribution is 9.10. The Balaban J connectivity index is 2.16. The van der Waals surface area contributed by atoms with E-state index in [0.717, 1.165) is 25.3 Å². The summed E-state index contributed by atoms with van der Waals surface area (Å²) in [7, 11) is 1.63. The third kappa shape index (κ3) is 3.03. The second-order valence-electron chi connectivity index (χ2n) is 3.25. The maximum atomic E-state index is 5.79. The highest BCUT2D eigenvalue weighted by Crippen LogP contribution is 2.36. The van der Waals surface area contributed by atoms with Gasteiger partial charge in [-0.05, 0) is 55.4 Å². The van der Waals surface area contributed by atoms with Gasteiger partial charge in [-0.3, -0.25) is 0 Å². The Morgan fingerprint density at radius 3 is 2.65 bits per heavy atom. The quantitative estimate of drug-likeness (QED) is 0.757. The highest BCUT2D eigenvalue weighted by atomic mass is 79.9. The first-order valence-corrected chi connectivity index (χ1v) is 7.36. The molecule has 5 heteroatoms. The number of halogens is 2. The van der Waals surface area contributed by atoms with Gasteiger partial charge in [0, 0.05) is 4.47 Å². The van der Waals surface area contributed by atoms with Gasteiger partial charge in [0.05, 0.1) is 16.5 Å². The molecule has 2 nitrogen and oxygen atoms in total. The van der Waals surface area contributed by atoms with E-state index in [4.69, 9.17) is 9.47 Å². The molecule has 90 valence electrons. The van der Waals surface area contributed by atoms with Crippen molar-refractivity contribution >= 4 is 43.2 Å². The SMILES string of the molecule is COc1cccc(Br)c1OCc1sccc1Br. The van der Waals surface area contributed by atoms with Gasteiger partial charge in [0.1, 0.15) is 6.61 Å². The maximum Gasteiger partial charge on any atom is 0.175 e. The van der Waals surface area contributed by atoms with Crippen LogP contribution in [0.4, 0.5) is 0 Å². The monoisotopic (exact) mass is 376 g/mol. The summed E-state index contributed by atoms with van der Waals surface area (Å²) in [4.78, 5) is 1.16. The molecule has 0 saturated heterocycles. The molecular weight excluding hydrogens is 368 g/mol. The first-order chi connectivity index (χ1) is 8.22. The Morgan fingerprint density at radius 1 is 1.18 bits per heavy atom. The van der Waals surface area contributed by atoms with Crippen molar-refractivity contribution < 1.29 is 9.47 Å². The van der Waals surface area contributed by atoms with E-state index in [0.29, 0.717) is 6.61 Å². The van der Waals surface area contributed by atoms with E-state index >= 15 is 0 Å². The average Bonchev–Trinajstić information content (AvgIpc) is 2.73. The molecular formula is C12H10Br2O2S. The summed E-state index contributed by atoms with van der Waals surface area (Å²) in [5.74, 6) is 1.46. The van der Waals surface area contributed by atoms with Crippen LogP contribution in [0.3, 0.4) is 0 Å². The van der Waals surface area contributed by atoms with Crippen LogP contribution >= 0.6 is 43.2 Å². The fourth-order valence-corrected chi connectivity index (χ4v) is 3.20. The largest absolute Gasteiger partial charge is 0.493 e. The number of hydrogen-bond donors (Lipinski definition) is 0. The van der Waals surface area contributed by atoms with Crippen LogP contribution in [-0.4, -0.2) is 7.11 Å². The Morgan fingerprint density at radius 2 is 2.00 bits per heavy atom. The van der Waals surface area contributed by atoms with E-state index in [2.05, 4.69) is 31.9 Å². The molecule has 0 atom stereocenters. The third-order valence-corrected chi connectivity index (χ3v) is 4.71. The van der Waals surface area contributed by atoms with Crippen molar-refractivity contribution in [2.75, 3.05) is 7.11 Å². The number of hydrogen-bond acceptors (Lipinski definition) is 3. The third-order valence-electron chi connectivity index (χ3n) is 2.19. The standard InChI is InChI=1S/C12H10Br2O2S/c1-15-10-4-2-3-9(14)12(10)16-7-11-8(13)5-6-17-11/h2-6H,7H2,1H3. The number of rotatable bonds is 4. The normalized spacial score (nSPS) is 10.3. The highest BCUT2D eigenvalue weighted by Gasteiger charge is 2.10. The second-order valence-corrected chi connectivity index (χ2v) is 5.96. The summed E-state index contributed by atoms with van der Waals surface area (Å²) in [6.07, 6.45) is 0. The van der Waals surface area contributed by atoms with Gasteiger partial charge >= 0.3 is 0 Å². The molecule has 0 amide bonds. The number of ether oxygens (including phenoxy) is 2. The molecule has 0 bridgehead atoms. The Kier molecular flexibility index (Phi) is 4.48. The molecule has 0 fully saturated rings. The van der Waals surface area contributed by atoms with E-state index in [1.807, 2.05) is 29.6 Å². The zero-order chi connectivity index (χ0) is 12.3. The Hall–Kier alpha value is -0.520.